The Morgan fingerprint density at radius 1 is 1.60 bits per heavy atom. The third-order valence-corrected chi connectivity index (χ3v) is 2.43. The van der Waals surface area contributed by atoms with Crippen LogP contribution in [0.5, 0.6) is 0 Å². The number of rotatable bonds is 3. The highest BCUT2D eigenvalue weighted by Gasteiger charge is 2.11. The minimum absolute atomic E-state index is 0.0934. The summed E-state index contributed by atoms with van der Waals surface area (Å²) in [6.45, 7) is 0.292. The molecule has 5 heteroatoms. The summed E-state index contributed by atoms with van der Waals surface area (Å²) < 4.78 is 0.872. The second kappa shape index (κ2) is 5.23. The van der Waals surface area contributed by atoms with Crippen LogP contribution >= 0.6 is 28.1 Å². The Morgan fingerprint density at radius 3 is 2.80 bits per heavy atom. The van der Waals surface area contributed by atoms with Crippen molar-refractivity contribution in [3.8, 4) is 0 Å². The van der Waals surface area contributed by atoms with Crippen molar-refractivity contribution >= 4 is 39.0 Å². The SMILES string of the molecule is CN(CC(N)=S)C(=O)c1cccc(Br)c1. The highest BCUT2D eigenvalue weighted by molar-refractivity contribution is 9.10. The number of nitrogens with two attached hydrogens (primary N) is 1. The summed E-state index contributed by atoms with van der Waals surface area (Å²) in [4.78, 5) is 13.6. The number of hydrogen-bond donors (Lipinski definition) is 1. The predicted octanol–water partition coefficient (Wildman–Crippen LogP) is 1.81. The van der Waals surface area contributed by atoms with Gasteiger partial charge in [0.05, 0.1) is 11.5 Å². The number of carbonyl (C=O) groups excluding carboxylic acids is 1. The summed E-state index contributed by atoms with van der Waals surface area (Å²) in [6.07, 6.45) is 0. The summed E-state index contributed by atoms with van der Waals surface area (Å²) >= 11 is 8.05. The molecule has 0 aromatic heterocycles. The van der Waals surface area contributed by atoms with Gasteiger partial charge in [-0.1, -0.05) is 34.2 Å². The zero-order chi connectivity index (χ0) is 11.4. The first-order chi connectivity index (χ1) is 7.00. The van der Waals surface area contributed by atoms with E-state index in [4.69, 9.17) is 18.0 Å². The maximum atomic E-state index is 11.8. The molecule has 0 aliphatic carbocycles. The number of hydrogen-bond acceptors (Lipinski definition) is 2. The third kappa shape index (κ3) is 3.60. The molecule has 0 unspecified atom stereocenters. The van der Waals surface area contributed by atoms with Crippen LogP contribution in [0.3, 0.4) is 0 Å². The lowest BCUT2D eigenvalue weighted by atomic mass is 10.2. The van der Waals surface area contributed by atoms with Crippen LogP contribution in [0, 0.1) is 0 Å². The first-order valence-electron chi connectivity index (χ1n) is 4.30. The first-order valence-corrected chi connectivity index (χ1v) is 5.50. The van der Waals surface area contributed by atoms with Gasteiger partial charge in [0, 0.05) is 17.1 Å². The fourth-order valence-electron chi connectivity index (χ4n) is 1.15. The highest BCUT2D eigenvalue weighted by atomic mass is 79.9. The van der Waals surface area contributed by atoms with Crippen LogP contribution < -0.4 is 5.73 Å². The molecule has 1 aromatic rings. The fraction of sp³-hybridized carbons (Fsp3) is 0.200. The van der Waals surface area contributed by atoms with Crippen LogP contribution in [0.1, 0.15) is 10.4 Å². The minimum atomic E-state index is -0.0934. The largest absolute Gasteiger partial charge is 0.392 e. The third-order valence-electron chi connectivity index (χ3n) is 1.81. The second-order valence-electron chi connectivity index (χ2n) is 3.14. The van der Waals surface area contributed by atoms with E-state index in [1.165, 1.54) is 4.90 Å². The Kier molecular flexibility index (Phi) is 4.23. The van der Waals surface area contributed by atoms with Crippen LogP contribution in [-0.2, 0) is 0 Å². The molecule has 0 bridgehead atoms. The normalized spacial score (nSPS) is 9.73. The second-order valence-corrected chi connectivity index (χ2v) is 4.58. The number of halogens is 1. The van der Waals surface area contributed by atoms with Gasteiger partial charge in [0.1, 0.15) is 0 Å². The average Bonchev–Trinajstić information content (AvgIpc) is 2.15. The quantitative estimate of drug-likeness (QED) is 0.862. The van der Waals surface area contributed by atoms with Crippen LogP contribution in [0.2, 0.25) is 0 Å². The number of carbonyl (C=O) groups is 1. The van der Waals surface area contributed by atoms with Crippen LogP contribution in [0.25, 0.3) is 0 Å². The van der Waals surface area contributed by atoms with Gasteiger partial charge in [-0.15, -0.1) is 0 Å². The Balaban J connectivity index is 2.80. The van der Waals surface area contributed by atoms with Crippen LogP contribution in [-0.4, -0.2) is 29.4 Å². The zero-order valence-corrected chi connectivity index (χ0v) is 10.6. The first kappa shape index (κ1) is 12.1. The standard InChI is InChI=1S/C10H11BrN2OS/c1-13(6-9(12)15)10(14)7-3-2-4-8(11)5-7/h2-5H,6H2,1H3,(H2,12,15). The highest BCUT2D eigenvalue weighted by Crippen LogP contribution is 2.12. The molecule has 0 fully saturated rings. The molecule has 1 amide bonds. The van der Waals surface area contributed by atoms with Crippen molar-refractivity contribution in [1.29, 1.82) is 0 Å². The zero-order valence-electron chi connectivity index (χ0n) is 8.24. The van der Waals surface area contributed by atoms with Gasteiger partial charge in [-0.2, -0.15) is 0 Å². The van der Waals surface area contributed by atoms with E-state index in [0.717, 1.165) is 4.47 Å². The molecule has 3 nitrogen and oxygen atoms in total. The van der Waals surface area contributed by atoms with Crippen molar-refractivity contribution in [3.05, 3.63) is 34.3 Å². The number of thiocarbonyl (C=S) groups is 1. The van der Waals surface area contributed by atoms with Crippen LogP contribution in [0.15, 0.2) is 28.7 Å². The Hall–Kier alpha value is -0.940. The summed E-state index contributed by atoms with van der Waals surface area (Å²) in [5.41, 5.74) is 5.98. The van der Waals surface area contributed by atoms with E-state index < -0.39 is 0 Å². The van der Waals surface area contributed by atoms with E-state index in [-0.39, 0.29) is 5.91 Å². The molecule has 0 aliphatic rings. The summed E-state index contributed by atoms with van der Waals surface area (Å²) in [6, 6.07) is 7.19. The molecule has 0 heterocycles. The van der Waals surface area contributed by atoms with E-state index in [2.05, 4.69) is 15.9 Å². The topological polar surface area (TPSA) is 46.3 Å². The lowest BCUT2D eigenvalue weighted by Gasteiger charge is -2.16. The van der Waals surface area contributed by atoms with Crippen LogP contribution in [0.4, 0.5) is 0 Å². The van der Waals surface area contributed by atoms with E-state index in [1.54, 1.807) is 19.2 Å². The number of nitrogens with zero attached hydrogens (tertiary/aromatic N) is 1. The van der Waals surface area contributed by atoms with Crippen molar-refractivity contribution in [2.45, 2.75) is 0 Å². The molecule has 1 rings (SSSR count). The van der Waals surface area contributed by atoms with Crippen molar-refractivity contribution < 1.29 is 4.79 Å². The van der Waals surface area contributed by atoms with Gasteiger partial charge < -0.3 is 10.6 Å². The monoisotopic (exact) mass is 286 g/mol. The Labute approximate surface area is 102 Å². The summed E-state index contributed by atoms with van der Waals surface area (Å²) in [5.74, 6) is -0.0934. The van der Waals surface area contributed by atoms with Crippen molar-refractivity contribution in [1.82, 2.24) is 4.90 Å². The lowest BCUT2D eigenvalue weighted by Crippen LogP contribution is -2.34. The van der Waals surface area contributed by atoms with E-state index >= 15 is 0 Å². The molecule has 0 saturated carbocycles. The number of benzene rings is 1. The van der Waals surface area contributed by atoms with Gasteiger partial charge in [0.2, 0.25) is 0 Å². The molecule has 0 radical (unpaired) electrons. The van der Waals surface area contributed by atoms with Gasteiger partial charge in [0.15, 0.2) is 0 Å². The maximum absolute atomic E-state index is 11.8. The molecular weight excluding hydrogens is 276 g/mol. The molecule has 0 saturated heterocycles. The van der Waals surface area contributed by atoms with Gasteiger partial charge in [-0.05, 0) is 18.2 Å². The molecular formula is C10H11BrN2OS. The molecule has 80 valence electrons. The fourth-order valence-corrected chi connectivity index (χ4v) is 1.74. The van der Waals surface area contributed by atoms with E-state index in [0.29, 0.717) is 17.1 Å². The van der Waals surface area contributed by atoms with Gasteiger partial charge >= 0.3 is 0 Å². The summed E-state index contributed by atoms with van der Waals surface area (Å²) in [7, 11) is 1.67. The van der Waals surface area contributed by atoms with Crippen molar-refractivity contribution in [2.75, 3.05) is 13.6 Å². The molecule has 2 N–H and O–H groups in total. The Bertz CT molecular complexity index is 395. The number of likely N-dealkylation sites (N-methyl/N-ethyl adjacent to an activating group) is 1. The van der Waals surface area contributed by atoms with Crippen molar-refractivity contribution in [2.24, 2.45) is 5.73 Å². The smallest absolute Gasteiger partial charge is 0.254 e. The number of amides is 1. The molecule has 0 atom stereocenters. The van der Waals surface area contributed by atoms with E-state index in [1.807, 2.05) is 12.1 Å². The van der Waals surface area contributed by atoms with Crippen molar-refractivity contribution in [3.63, 3.8) is 0 Å². The molecule has 0 aliphatic heterocycles. The van der Waals surface area contributed by atoms with Gasteiger partial charge in [-0.25, -0.2) is 0 Å². The molecule has 0 spiro atoms. The predicted molar refractivity (Wildman–Crippen MR) is 67.9 cm³/mol. The summed E-state index contributed by atoms with van der Waals surface area (Å²) in [5, 5.41) is 0. The molecule has 15 heavy (non-hydrogen) atoms. The van der Waals surface area contributed by atoms with Gasteiger partial charge in [-0.3, -0.25) is 4.79 Å². The Morgan fingerprint density at radius 2 is 2.27 bits per heavy atom. The minimum Gasteiger partial charge on any atom is -0.392 e. The maximum Gasteiger partial charge on any atom is 0.254 e. The average molecular weight is 287 g/mol. The van der Waals surface area contributed by atoms with Gasteiger partial charge in [0.25, 0.3) is 5.91 Å². The van der Waals surface area contributed by atoms with E-state index in [9.17, 15) is 4.79 Å². The molecule has 1 aromatic carbocycles. The lowest BCUT2D eigenvalue weighted by molar-refractivity contribution is 0.0815.